The van der Waals surface area contributed by atoms with Crippen LogP contribution in [0.2, 0.25) is 0 Å². The number of nitrogens with zero attached hydrogens (tertiary/aromatic N) is 1. The number of carboxylic acid groups (broad SMARTS) is 1. The molecule has 0 aliphatic heterocycles. The molecule has 0 heterocycles. The highest BCUT2D eigenvalue weighted by Crippen LogP contribution is 2.21. The molecule has 0 radical (unpaired) electrons. The minimum atomic E-state index is -0.906. The van der Waals surface area contributed by atoms with E-state index in [1.54, 1.807) is 24.0 Å². The maximum Gasteiger partial charge on any atom is 0.317 e. The molecule has 18 heavy (non-hydrogen) atoms. The summed E-state index contributed by atoms with van der Waals surface area (Å²) in [5, 5.41) is 8.85. The summed E-state index contributed by atoms with van der Waals surface area (Å²) >= 11 is 0. The Labute approximate surface area is 107 Å². The van der Waals surface area contributed by atoms with Gasteiger partial charge in [-0.3, -0.25) is 9.69 Å². The first kappa shape index (κ1) is 14.4. The smallest absolute Gasteiger partial charge is 0.317 e. The lowest BCUT2D eigenvalue weighted by atomic mass is 10.0. The summed E-state index contributed by atoms with van der Waals surface area (Å²) in [5.74, 6) is -1.18. The van der Waals surface area contributed by atoms with Gasteiger partial charge in [0.25, 0.3) is 0 Å². The first-order valence-electron chi connectivity index (χ1n) is 5.78. The van der Waals surface area contributed by atoms with Gasteiger partial charge in [0.2, 0.25) is 0 Å². The van der Waals surface area contributed by atoms with E-state index in [-0.39, 0.29) is 18.4 Å². The van der Waals surface area contributed by atoms with Crippen molar-refractivity contribution < 1.29 is 14.3 Å². The summed E-state index contributed by atoms with van der Waals surface area (Å²) in [4.78, 5) is 12.5. The van der Waals surface area contributed by atoms with E-state index in [4.69, 9.17) is 5.11 Å². The fourth-order valence-corrected chi connectivity index (χ4v) is 1.78. The normalized spacial score (nSPS) is 12.4. The monoisotopic (exact) mass is 251 g/mol. The van der Waals surface area contributed by atoms with Gasteiger partial charge in [0, 0.05) is 12.6 Å². The van der Waals surface area contributed by atoms with E-state index in [2.05, 4.69) is 6.58 Å². The molecule has 0 aliphatic rings. The van der Waals surface area contributed by atoms with Crippen LogP contribution in [0.25, 0.3) is 0 Å². The zero-order valence-electron chi connectivity index (χ0n) is 10.7. The minimum absolute atomic E-state index is 0.0946. The molecule has 1 aromatic rings. The van der Waals surface area contributed by atoms with Gasteiger partial charge < -0.3 is 5.11 Å². The van der Waals surface area contributed by atoms with Crippen LogP contribution in [0.15, 0.2) is 30.9 Å². The van der Waals surface area contributed by atoms with Crippen LogP contribution in [0.4, 0.5) is 4.39 Å². The van der Waals surface area contributed by atoms with Gasteiger partial charge in [0.15, 0.2) is 0 Å². The first-order chi connectivity index (χ1) is 8.45. The zero-order chi connectivity index (χ0) is 13.7. The van der Waals surface area contributed by atoms with E-state index >= 15 is 0 Å². The van der Waals surface area contributed by atoms with Crippen LogP contribution in [-0.2, 0) is 4.79 Å². The second kappa shape index (κ2) is 6.31. The van der Waals surface area contributed by atoms with Crippen molar-refractivity contribution in [3.8, 4) is 0 Å². The molecule has 0 amide bonds. The average molecular weight is 251 g/mol. The summed E-state index contributed by atoms with van der Waals surface area (Å²) in [7, 11) is 0. The van der Waals surface area contributed by atoms with E-state index in [0.717, 1.165) is 5.56 Å². The Morgan fingerprint density at radius 2 is 2.28 bits per heavy atom. The lowest BCUT2D eigenvalue weighted by Gasteiger charge is -2.26. The van der Waals surface area contributed by atoms with Crippen molar-refractivity contribution >= 4 is 5.97 Å². The molecule has 0 aliphatic carbocycles. The molecule has 0 fully saturated rings. The molecule has 0 spiro atoms. The number of rotatable bonds is 6. The topological polar surface area (TPSA) is 40.5 Å². The van der Waals surface area contributed by atoms with Crippen molar-refractivity contribution in [1.29, 1.82) is 0 Å². The van der Waals surface area contributed by atoms with Gasteiger partial charge >= 0.3 is 5.97 Å². The molecule has 4 heteroatoms. The van der Waals surface area contributed by atoms with Crippen molar-refractivity contribution in [3.63, 3.8) is 0 Å². The van der Waals surface area contributed by atoms with E-state index in [1.807, 2.05) is 13.0 Å². The van der Waals surface area contributed by atoms with Crippen LogP contribution in [0, 0.1) is 12.7 Å². The largest absolute Gasteiger partial charge is 0.480 e. The third-order valence-corrected chi connectivity index (χ3v) is 2.93. The molecular formula is C14H18FNO2. The van der Waals surface area contributed by atoms with Gasteiger partial charge in [-0.25, -0.2) is 4.39 Å². The van der Waals surface area contributed by atoms with Gasteiger partial charge in [-0.1, -0.05) is 18.2 Å². The molecule has 3 nitrogen and oxygen atoms in total. The molecule has 1 N–H and O–H groups in total. The van der Waals surface area contributed by atoms with Crippen LogP contribution >= 0.6 is 0 Å². The molecule has 0 saturated carbocycles. The quantitative estimate of drug-likeness (QED) is 0.790. The maximum absolute atomic E-state index is 13.5. The number of hydrogen-bond acceptors (Lipinski definition) is 2. The summed E-state index contributed by atoms with van der Waals surface area (Å²) in [6.45, 7) is 7.51. The Balaban J connectivity index is 2.93. The molecule has 0 saturated heterocycles. The number of hydrogen-bond donors (Lipinski definition) is 1. The van der Waals surface area contributed by atoms with Crippen molar-refractivity contribution in [2.75, 3.05) is 13.1 Å². The maximum atomic E-state index is 13.5. The highest BCUT2D eigenvalue weighted by molar-refractivity contribution is 5.69. The number of aryl methyl sites for hydroxylation is 1. The van der Waals surface area contributed by atoms with Gasteiger partial charge in [-0.05, 0) is 31.0 Å². The SMILES string of the molecule is C=CCN(CC(=O)O)C(C)c1ccc(C)c(F)c1. The Morgan fingerprint density at radius 3 is 2.78 bits per heavy atom. The van der Waals surface area contributed by atoms with E-state index < -0.39 is 5.97 Å². The highest BCUT2D eigenvalue weighted by Gasteiger charge is 2.18. The van der Waals surface area contributed by atoms with Crippen molar-refractivity contribution in [1.82, 2.24) is 4.90 Å². The Morgan fingerprint density at radius 1 is 1.61 bits per heavy atom. The zero-order valence-corrected chi connectivity index (χ0v) is 10.7. The minimum Gasteiger partial charge on any atom is -0.480 e. The van der Waals surface area contributed by atoms with Crippen LogP contribution in [0.1, 0.15) is 24.1 Å². The Hall–Kier alpha value is -1.68. The third kappa shape index (κ3) is 3.67. The number of benzene rings is 1. The highest BCUT2D eigenvalue weighted by atomic mass is 19.1. The molecule has 1 aromatic carbocycles. The van der Waals surface area contributed by atoms with Crippen molar-refractivity contribution in [2.24, 2.45) is 0 Å². The lowest BCUT2D eigenvalue weighted by Crippen LogP contribution is -2.32. The predicted molar refractivity (Wildman–Crippen MR) is 69.0 cm³/mol. The second-order valence-corrected chi connectivity index (χ2v) is 4.30. The first-order valence-corrected chi connectivity index (χ1v) is 5.78. The fourth-order valence-electron chi connectivity index (χ4n) is 1.78. The van der Waals surface area contributed by atoms with Crippen LogP contribution in [0.5, 0.6) is 0 Å². The van der Waals surface area contributed by atoms with Gasteiger partial charge in [-0.15, -0.1) is 6.58 Å². The van der Waals surface area contributed by atoms with Crippen LogP contribution < -0.4 is 0 Å². The van der Waals surface area contributed by atoms with Gasteiger partial charge in [0.1, 0.15) is 5.82 Å². The second-order valence-electron chi connectivity index (χ2n) is 4.30. The van der Waals surface area contributed by atoms with Gasteiger partial charge in [0.05, 0.1) is 6.54 Å². The Bertz CT molecular complexity index is 445. The molecule has 1 unspecified atom stereocenters. The molecular weight excluding hydrogens is 233 g/mol. The van der Waals surface area contributed by atoms with E-state index in [1.165, 1.54) is 6.07 Å². The molecule has 1 rings (SSSR count). The molecule has 0 bridgehead atoms. The van der Waals surface area contributed by atoms with Crippen LogP contribution in [0.3, 0.4) is 0 Å². The number of carboxylic acids is 1. The summed E-state index contributed by atoms with van der Waals surface area (Å²) in [6, 6.07) is 4.81. The van der Waals surface area contributed by atoms with E-state index in [0.29, 0.717) is 12.1 Å². The molecule has 0 aromatic heterocycles. The fraction of sp³-hybridized carbons (Fsp3) is 0.357. The van der Waals surface area contributed by atoms with Crippen molar-refractivity contribution in [2.45, 2.75) is 19.9 Å². The van der Waals surface area contributed by atoms with Crippen molar-refractivity contribution in [3.05, 3.63) is 47.8 Å². The molecule has 1 atom stereocenters. The summed E-state index contributed by atoms with van der Waals surface area (Å²) in [5.41, 5.74) is 1.35. The lowest BCUT2D eigenvalue weighted by molar-refractivity contribution is -0.138. The summed E-state index contributed by atoms with van der Waals surface area (Å²) < 4.78 is 13.5. The van der Waals surface area contributed by atoms with Gasteiger partial charge in [-0.2, -0.15) is 0 Å². The number of aliphatic carboxylic acids is 1. The standard InChI is InChI=1S/C14H18FNO2/c1-4-7-16(9-14(17)18)11(3)12-6-5-10(2)13(15)8-12/h4-6,8,11H,1,7,9H2,2-3H3,(H,17,18). The third-order valence-electron chi connectivity index (χ3n) is 2.93. The number of carbonyl (C=O) groups is 1. The van der Waals surface area contributed by atoms with Crippen LogP contribution in [-0.4, -0.2) is 29.1 Å². The number of halogens is 1. The average Bonchev–Trinajstić information content (AvgIpc) is 2.31. The molecule has 98 valence electrons. The predicted octanol–water partition coefficient (Wildman–Crippen LogP) is 2.77. The van der Waals surface area contributed by atoms with E-state index in [9.17, 15) is 9.18 Å². The summed E-state index contributed by atoms with van der Waals surface area (Å²) in [6.07, 6.45) is 1.64. The Kier molecular flexibility index (Phi) is 5.04.